The monoisotopic (exact) mass is 287 g/mol. The van der Waals surface area contributed by atoms with Gasteiger partial charge >= 0.3 is 5.97 Å². The van der Waals surface area contributed by atoms with Crippen LogP contribution in [0.4, 0.5) is 0 Å². The maximum atomic E-state index is 10.6. The van der Waals surface area contributed by atoms with Crippen molar-refractivity contribution in [2.24, 2.45) is 5.92 Å². The molecule has 19 heavy (non-hydrogen) atoms. The maximum absolute atomic E-state index is 10.6. The number of aliphatic carboxylic acids is 1. The standard InChI is InChI=1S/C12H21N3O3S/c1-8(2)15-10(5-9(3)6-18-4)13-14-12(15)19-7-11(16)17/h8-9H,5-7H2,1-4H3,(H,16,17). The first-order valence-electron chi connectivity index (χ1n) is 6.23. The number of carboxylic acid groups (broad SMARTS) is 1. The summed E-state index contributed by atoms with van der Waals surface area (Å²) in [7, 11) is 1.68. The lowest BCUT2D eigenvalue weighted by atomic mass is 10.1. The Balaban J connectivity index is 2.84. The average Bonchev–Trinajstić information content (AvgIpc) is 2.69. The summed E-state index contributed by atoms with van der Waals surface area (Å²) in [6.45, 7) is 6.84. The zero-order valence-electron chi connectivity index (χ0n) is 11.8. The first-order chi connectivity index (χ1) is 8.95. The summed E-state index contributed by atoms with van der Waals surface area (Å²) in [5, 5.41) is 17.7. The molecule has 0 bridgehead atoms. The summed E-state index contributed by atoms with van der Waals surface area (Å²) in [5.41, 5.74) is 0. The Kier molecular flexibility index (Phi) is 6.30. The van der Waals surface area contributed by atoms with Crippen LogP contribution in [0.1, 0.15) is 32.6 Å². The highest BCUT2D eigenvalue weighted by Crippen LogP contribution is 2.22. The fraction of sp³-hybridized carbons (Fsp3) is 0.750. The highest BCUT2D eigenvalue weighted by atomic mass is 32.2. The summed E-state index contributed by atoms with van der Waals surface area (Å²) in [6, 6.07) is 0.205. The smallest absolute Gasteiger partial charge is 0.313 e. The topological polar surface area (TPSA) is 77.2 Å². The number of ether oxygens (including phenoxy) is 1. The van der Waals surface area contributed by atoms with Crippen LogP contribution in [0.2, 0.25) is 0 Å². The van der Waals surface area contributed by atoms with Crippen molar-refractivity contribution in [2.75, 3.05) is 19.5 Å². The van der Waals surface area contributed by atoms with Gasteiger partial charge in [0.05, 0.1) is 5.75 Å². The van der Waals surface area contributed by atoms with Crippen LogP contribution in [0.25, 0.3) is 0 Å². The van der Waals surface area contributed by atoms with Crippen molar-refractivity contribution in [3.63, 3.8) is 0 Å². The SMILES string of the molecule is COCC(C)Cc1nnc(SCC(=O)O)n1C(C)C. The van der Waals surface area contributed by atoms with E-state index in [9.17, 15) is 4.79 Å². The van der Waals surface area contributed by atoms with Gasteiger partial charge in [-0.05, 0) is 19.8 Å². The third kappa shape index (κ3) is 4.83. The van der Waals surface area contributed by atoms with Crippen LogP contribution in [0.15, 0.2) is 5.16 Å². The number of carboxylic acids is 1. The van der Waals surface area contributed by atoms with Crippen molar-refractivity contribution in [1.29, 1.82) is 0 Å². The van der Waals surface area contributed by atoms with Crippen molar-refractivity contribution in [1.82, 2.24) is 14.8 Å². The second-order valence-corrected chi connectivity index (χ2v) is 5.75. The molecule has 1 aromatic heterocycles. The molecule has 7 heteroatoms. The number of carbonyl (C=O) groups is 1. The summed E-state index contributed by atoms with van der Waals surface area (Å²) < 4.78 is 7.12. The van der Waals surface area contributed by atoms with Gasteiger partial charge in [0.25, 0.3) is 0 Å². The Morgan fingerprint density at radius 1 is 1.42 bits per heavy atom. The van der Waals surface area contributed by atoms with Gasteiger partial charge in [0.2, 0.25) is 0 Å². The molecule has 0 aromatic carbocycles. The minimum Gasteiger partial charge on any atom is -0.481 e. The van der Waals surface area contributed by atoms with Gasteiger partial charge in [-0.3, -0.25) is 4.79 Å². The van der Waals surface area contributed by atoms with Gasteiger partial charge in [0, 0.05) is 26.2 Å². The number of hydrogen-bond donors (Lipinski definition) is 1. The van der Waals surface area contributed by atoms with E-state index in [4.69, 9.17) is 9.84 Å². The van der Waals surface area contributed by atoms with Gasteiger partial charge in [-0.1, -0.05) is 18.7 Å². The molecular formula is C12H21N3O3S. The molecule has 0 spiro atoms. The van der Waals surface area contributed by atoms with Gasteiger partial charge in [0.1, 0.15) is 5.82 Å². The van der Waals surface area contributed by atoms with Crippen LogP contribution in [0.3, 0.4) is 0 Å². The molecule has 1 heterocycles. The minimum absolute atomic E-state index is 0.00151. The van der Waals surface area contributed by atoms with E-state index in [1.165, 1.54) is 11.8 Å². The van der Waals surface area contributed by atoms with E-state index in [0.29, 0.717) is 17.7 Å². The normalized spacial score (nSPS) is 12.9. The molecular weight excluding hydrogens is 266 g/mol. The number of nitrogens with zero attached hydrogens (tertiary/aromatic N) is 3. The van der Waals surface area contributed by atoms with Crippen molar-refractivity contribution in [3.8, 4) is 0 Å². The highest BCUT2D eigenvalue weighted by molar-refractivity contribution is 7.99. The van der Waals surface area contributed by atoms with Crippen LogP contribution in [-0.2, 0) is 16.0 Å². The van der Waals surface area contributed by atoms with Crippen LogP contribution in [0, 0.1) is 5.92 Å². The lowest BCUT2D eigenvalue weighted by Gasteiger charge is -2.15. The van der Waals surface area contributed by atoms with Crippen LogP contribution >= 0.6 is 11.8 Å². The summed E-state index contributed by atoms with van der Waals surface area (Å²) in [5.74, 6) is 0.382. The Morgan fingerprint density at radius 3 is 2.63 bits per heavy atom. The molecule has 6 nitrogen and oxygen atoms in total. The van der Waals surface area contributed by atoms with Gasteiger partial charge in [0.15, 0.2) is 5.16 Å². The van der Waals surface area contributed by atoms with Crippen molar-refractivity contribution in [2.45, 2.75) is 38.4 Å². The Bertz CT molecular complexity index is 420. The number of aromatic nitrogens is 3. The number of thioether (sulfide) groups is 1. The number of methoxy groups -OCH3 is 1. The van der Waals surface area contributed by atoms with E-state index in [0.717, 1.165) is 12.2 Å². The van der Waals surface area contributed by atoms with Crippen molar-refractivity contribution >= 4 is 17.7 Å². The molecule has 1 aromatic rings. The quantitative estimate of drug-likeness (QED) is 0.735. The molecule has 0 aliphatic carbocycles. The number of rotatable bonds is 8. The molecule has 0 radical (unpaired) electrons. The Labute approximate surface area is 117 Å². The summed E-state index contributed by atoms with van der Waals surface area (Å²) in [6.07, 6.45) is 0.770. The first-order valence-corrected chi connectivity index (χ1v) is 7.21. The molecule has 0 saturated carbocycles. The minimum atomic E-state index is -0.849. The molecule has 0 aliphatic heterocycles. The molecule has 0 amide bonds. The third-order valence-electron chi connectivity index (χ3n) is 2.56. The molecule has 0 fully saturated rings. The van der Waals surface area contributed by atoms with E-state index in [1.54, 1.807) is 7.11 Å². The summed E-state index contributed by atoms with van der Waals surface area (Å²) in [4.78, 5) is 10.6. The molecule has 0 saturated heterocycles. The van der Waals surface area contributed by atoms with Gasteiger partial charge in [-0.15, -0.1) is 10.2 Å². The lowest BCUT2D eigenvalue weighted by molar-refractivity contribution is -0.133. The molecule has 1 rings (SSSR count). The predicted molar refractivity (Wildman–Crippen MR) is 73.5 cm³/mol. The number of hydrogen-bond acceptors (Lipinski definition) is 5. The van der Waals surface area contributed by atoms with Crippen molar-refractivity contribution in [3.05, 3.63) is 5.82 Å². The Hall–Kier alpha value is -1.08. The Morgan fingerprint density at radius 2 is 2.11 bits per heavy atom. The largest absolute Gasteiger partial charge is 0.481 e. The maximum Gasteiger partial charge on any atom is 0.313 e. The zero-order chi connectivity index (χ0) is 14.4. The second kappa shape index (κ2) is 7.49. The highest BCUT2D eigenvalue weighted by Gasteiger charge is 2.18. The zero-order valence-corrected chi connectivity index (χ0v) is 12.6. The summed E-state index contributed by atoms with van der Waals surface area (Å²) >= 11 is 1.20. The molecule has 1 unspecified atom stereocenters. The van der Waals surface area contributed by atoms with E-state index in [-0.39, 0.29) is 11.8 Å². The third-order valence-corrected chi connectivity index (χ3v) is 3.49. The van der Waals surface area contributed by atoms with Gasteiger partial charge in [-0.2, -0.15) is 0 Å². The van der Waals surface area contributed by atoms with Gasteiger partial charge < -0.3 is 14.4 Å². The fourth-order valence-electron chi connectivity index (χ4n) is 1.85. The van der Waals surface area contributed by atoms with Crippen LogP contribution in [-0.4, -0.2) is 45.3 Å². The predicted octanol–water partition coefficient (Wildman–Crippen LogP) is 1.86. The second-order valence-electron chi connectivity index (χ2n) is 4.81. The molecule has 1 atom stereocenters. The average molecular weight is 287 g/mol. The van der Waals surface area contributed by atoms with Crippen molar-refractivity contribution < 1.29 is 14.6 Å². The van der Waals surface area contributed by atoms with E-state index < -0.39 is 5.97 Å². The van der Waals surface area contributed by atoms with E-state index in [1.807, 2.05) is 18.4 Å². The lowest BCUT2D eigenvalue weighted by Crippen LogP contribution is -2.14. The fourth-order valence-corrected chi connectivity index (χ4v) is 2.65. The molecule has 108 valence electrons. The van der Waals surface area contributed by atoms with Gasteiger partial charge in [-0.25, -0.2) is 0 Å². The van der Waals surface area contributed by atoms with E-state index >= 15 is 0 Å². The van der Waals surface area contributed by atoms with Crippen LogP contribution < -0.4 is 0 Å². The van der Waals surface area contributed by atoms with E-state index in [2.05, 4.69) is 17.1 Å². The molecule has 1 N–H and O–H groups in total. The molecule has 0 aliphatic rings. The van der Waals surface area contributed by atoms with Crippen LogP contribution in [0.5, 0.6) is 0 Å². The first kappa shape index (κ1) is 16.0.